The van der Waals surface area contributed by atoms with Crippen LogP contribution < -0.4 is 0 Å². The fourth-order valence-corrected chi connectivity index (χ4v) is 1.48. The largest absolute Gasteiger partial charge is 0.466 e. The van der Waals surface area contributed by atoms with Crippen LogP contribution in [-0.2, 0) is 23.9 Å². The molecule has 1 aliphatic heterocycles. The van der Waals surface area contributed by atoms with E-state index in [1.165, 1.54) is 26.1 Å². The molecule has 1 aliphatic rings. The van der Waals surface area contributed by atoms with Crippen LogP contribution in [0.1, 0.15) is 13.8 Å². The zero-order chi connectivity index (χ0) is 15.5. The van der Waals surface area contributed by atoms with Crippen LogP contribution in [-0.4, -0.2) is 56.1 Å². The van der Waals surface area contributed by atoms with Gasteiger partial charge in [0.15, 0.2) is 12.3 Å². The zero-order valence-electron chi connectivity index (χ0n) is 12.1. The van der Waals surface area contributed by atoms with Gasteiger partial charge in [-0.25, -0.2) is 9.59 Å². The molecule has 8 heteroatoms. The van der Waals surface area contributed by atoms with E-state index in [2.05, 4.69) is 15.0 Å². The lowest BCUT2D eigenvalue weighted by Crippen LogP contribution is -2.29. The van der Waals surface area contributed by atoms with Crippen LogP contribution >= 0.6 is 0 Å². The molecule has 0 aromatic rings. The molecule has 0 radical (unpaired) electrons. The first-order valence-corrected chi connectivity index (χ1v) is 5.84. The van der Waals surface area contributed by atoms with Crippen molar-refractivity contribution in [3.8, 4) is 0 Å². The second kappa shape index (κ2) is 5.81. The Morgan fingerprint density at radius 3 is 2.30 bits per heavy atom. The van der Waals surface area contributed by atoms with Gasteiger partial charge in [0.25, 0.3) is 5.91 Å². The Bertz CT molecular complexity index is 505. The number of ether oxygens (including phenoxy) is 2. The molecule has 20 heavy (non-hydrogen) atoms. The van der Waals surface area contributed by atoms with Crippen molar-refractivity contribution in [1.82, 2.24) is 4.90 Å². The molecule has 1 heterocycles. The van der Waals surface area contributed by atoms with Crippen molar-refractivity contribution in [1.29, 1.82) is 0 Å². The third-order valence-corrected chi connectivity index (χ3v) is 2.66. The van der Waals surface area contributed by atoms with Crippen molar-refractivity contribution in [3.05, 3.63) is 11.3 Å². The molecule has 0 saturated carbocycles. The number of likely N-dealkylation sites (N-methyl/N-ethyl adjacent to an activating group) is 1. The van der Waals surface area contributed by atoms with Gasteiger partial charge in [0.2, 0.25) is 0 Å². The summed E-state index contributed by atoms with van der Waals surface area (Å²) in [7, 11) is 4.27. The van der Waals surface area contributed by atoms with Crippen LogP contribution in [0.5, 0.6) is 0 Å². The van der Waals surface area contributed by atoms with E-state index in [0.717, 1.165) is 0 Å². The maximum absolute atomic E-state index is 11.9. The molecule has 0 aromatic heterocycles. The van der Waals surface area contributed by atoms with E-state index in [1.54, 1.807) is 13.8 Å². The number of methoxy groups -OCH3 is 1. The van der Waals surface area contributed by atoms with E-state index in [9.17, 15) is 14.4 Å². The minimum absolute atomic E-state index is 0.0160. The number of amides is 1. The van der Waals surface area contributed by atoms with Crippen molar-refractivity contribution in [2.45, 2.75) is 19.4 Å². The van der Waals surface area contributed by atoms with Crippen molar-refractivity contribution < 1.29 is 23.9 Å². The number of hydrogen-bond acceptors (Lipinski definition) is 7. The molecular weight excluding hydrogens is 266 g/mol. The third kappa shape index (κ3) is 3.19. The topological polar surface area (TPSA) is 97.6 Å². The quantitative estimate of drug-likeness (QED) is 0.691. The number of carbonyl (C=O) groups excluding carboxylic acids is 3. The van der Waals surface area contributed by atoms with Crippen LogP contribution in [0, 0.1) is 0 Å². The number of azo groups is 1. The van der Waals surface area contributed by atoms with E-state index >= 15 is 0 Å². The second-order valence-corrected chi connectivity index (χ2v) is 4.84. The van der Waals surface area contributed by atoms with Gasteiger partial charge in [0, 0.05) is 14.1 Å². The molecule has 0 aromatic carbocycles. The van der Waals surface area contributed by atoms with Gasteiger partial charge in [-0.2, -0.15) is 5.11 Å². The fraction of sp³-hybridized carbons (Fsp3) is 0.583. The molecule has 0 fully saturated rings. The third-order valence-electron chi connectivity index (χ3n) is 2.66. The smallest absolute Gasteiger partial charge is 0.360 e. The van der Waals surface area contributed by atoms with Gasteiger partial charge in [-0.3, -0.25) is 4.79 Å². The van der Waals surface area contributed by atoms with Gasteiger partial charge in [-0.15, -0.1) is 5.11 Å². The van der Waals surface area contributed by atoms with E-state index in [4.69, 9.17) is 4.74 Å². The first-order valence-electron chi connectivity index (χ1n) is 5.84. The first-order chi connectivity index (χ1) is 9.20. The molecule has 0 spiro atoms. The Hall–Kier alpha value is -2.25. The number of nitrogens with zero attached hydrogens (tertiary/aromatic N) is 3. The molecule has 0 atom stereocenters. The standard InChI is InChI=1S/C12H17N3O5/c1-12(2)8(10(17)19-5)9(13-14-12)11(18)20-6-7(16)15(3)4/h6H2,1-5H3. The highest BCUT2D eigenvalue weighted by molar-refractivity contribution is 6.02. The van der Waals surface area contributed by atoms with Crippen molar-refractivity contribution in [3.63, 3.8) is 0 Å². The molecule has 1 amide bonds. The Morgan fingerprint density at radius 1 is 1.20 bits per heavy atom. The second-order valence-electron chi connectivity index (χ2n) is 4.84. The molecule has 110 valence electrons. The van der Waals surface area contributed by atoms with Gasteiger partial charge < -0.3 is 14.4 Å². The van der Waals surface area contributed by atoms with Gasteiger partial charge in [-0.1, -0.05) is 0 Å². The lowest BCUT2D eigenvalue weighted by molar-refractivity contribution is -0.148. The van der Waals surface area contributed by atoms with Crippen LogP contribution in [0.15, 0.2) is 21.5 Å². The maximum atomic E-state index is 11.9. The monoisotopic (exact) mass is 283 g/mol. The van der Waals surface area contributed by atoms with Crippen molar-refractivity contribution in [2.24, 2.45) is 10.2 Å². The molecule has 0 unspecified atom stereocenters. The highest BCUT2D eigenvalue weighted by Gasteiger charge is 2.40. The summed E-state index contributed by atoms with van der Waals surface area (Å²) in [5.74, 6) is -1.96. The minimum Gasteiger partial charge on any atom is -0.466 e. The van der Waals surface area contributed by atoms with Crippen molar-refractivity contribution >= 4 is 17.8 Å². The highest BCUT2D eigenvalue weighted by atomic mass is 16.5. The highest BCUT2D eigenvalue weighted by Crippen LogP contribution is 2.33. The first kappa shape index (κ1) is 15.8. The summed E-state index contributed by atoms with van der Waals surface area (Å²) >= 11 is 0. The molecule has 0 aliphatic carbocycles. The van der Waals surface area contributed by atoms with Gasteiger partial charge in [-0.05, 0) is 13.8 Å². The Balaban J connectivity index is 2.92. The van der Waals surface area contributed by atoms with Gasteiger partial charge in [0.05, 0.1) is 7.11 Å². The Kier molecular flexibility index (Phi) is 4.59. The Morgan fingerprint density at radius 2 is 1.80 bits per heavy atom. The van der Waals surface area contributed by atoms with Crippen molar-refractivity contribution in [2.75, 3.05) is 27.8 Å². The van der Waals surface area contributed by atoms with Crippen LogP contribution in [0.4, 0.5) is 0 Å². The molecule has 0 saturated heterocycles. The fourth-order valence-electron chi connectivity index (χ4n) is 1.48. The van der Waals surface area contributed by atoms with E-state index in [0.29, 0.717) is 0 Å². The summed E-state index contributed by atoms with van der Waals surface area (Å²) in [4.78, 5) is 36.2. The summed E-state index contributed by atoms with van der Waals surface area (Å²) in [6, 6.07) is 0. The lowest BCUT2D eigenvalue weighted by atomic mass is 9.94. The van der Waals surface area contributed by atoms with E-state index in [-0.39, 0.29) is 17.2 Å². The van der Waals surface area contributed by atoms with E-state index < -0.39 is 24.1 Å². The predicted octanol–water partition coefficient (Wildman–Crippen LogP) is 0.289. The molecule has 0 bridgehead atoms. The number of esters is 2. The summed E-state index contributed by atoms with van der Waals surface area (Å²) in [6.45, 7) is 2.81. The number of carbonyl (C=O) groups is 3. The summed E-state index contributed by atoms with van der Waals surface area (Å²) in [6.07, 6.45) is 0. The van der Waals surface area contributed by atoms with Crippen LogP contribution in [0.3, 0.4) is 0 Å². The van der Waals surface area contributed by atoms with E-state index in [1.807, 2.05) is 0 Å². The average Bonchev–Trinajstić information content (AvgIpc) is 2.70. The Labute approximate surface area is 116 Å². The summed E-state index contributed by atoms with van der Waals surface area (Å²) in [5, 5.41) is 7.50. The molecule has 8 nitrogen and oxygen atoms in total. The predicted molar refractivity (Wildman–Crippen MR) is 67.6 cm³/mol. The minimum atomic E-state index is -0.965. The summed E-state index contributed by atoms with van der Waals surface area (Å²) in [5.41, 5.74) is -1.18. The summed E-state index contributed by atoms with van der Waals surface area (Å²) < 4.78 is 9.43. The molecule has 0 N–H and O–H groups in total. The van der Waals surface area contributed by atoms with Gasteiger partial charge >= 0.3 is 11.9 Å². The lowest BCUT2D eigenvalue weighted by Gasteiger charge is -2.15. The maximum Gasteiger partial charge on any atom is 0.360 e. The van der Waals surface area contributed by atoms with Crippen LogP contribution in [0.2, 0.25) is 0 Å². The number of hydrogen-bond donors (Lipinski definition) is 0. The molecule has 1 rings (SSSR count). The number of rotatable bonds is 4. The van der Waals surface area contributed by atoms with Crippen LogP contribution in [0.25, 0.3) is 0 Å². The molecular formula is C12H17N3O5. The average molecular weight is 283 g/mol. The zero-order valence-corrected chi connectivity index (χ0v) is 12.1. The normalized spacial score (nSPS) is 16.1. The van der Waals surface area contributed by atoms with Gasteiger partial charge in [0.1, 0.15) is 11.1 Å². The SMILES string of the molecule is COC(=O)C1=C(C(=O)OCC(=O)N(C)C)N=NC1(C)C.